The van der Waals surface area contributed by atoms with Crippen molar-refractivity contribution in [3.05, 3.63) is 29.6 Å². The van der Waals surface area contributed by atoms with Crippen LogP contribution in [-0.2, 0) is 17.8 Å². The average molecular weight is 266 g/mol. The van der Waals surface area contributed by atoms with Crippen molar-refractivity contribution in [3.8, 4) is 0 Å². The number of aryl methyl sites for hydroxylation is 1. The third kappa shape index (κ3) is 6.20. The first-order valence-corrected chi connectivity index (χ1v) is 6.43. The third-order valence-corrected chi connectivity index (χ3v) is 2.43. The second kappa shape index (κ2) is 7.09. The number of aliphatic hydroxyl groups excluding tert-OH is 1. The number of pyridine rings is 1. The first kappa shape index (κ1) is 15.4. The molecule has 0 bridgehead atoms. The maximum atomic E-state index is 11.4. The van der Waals surface area contributed by atoms with E-state index in [0.29, 0.717) is 12.2 Å². The topological polar surface area (TPSA) is 71.5 Å². The number of aromatic nitrogens is 1. The van der Waals surface area contributed by atoms with E-state index in [1.54, 1.807) is 6.20 Å². The van der Waals surface area contributed by atoms with Gasteiger partial charge in [-0.25, -0.2) is 4.79 Å². The fourth-order valence-electron chi connectivity index (χ4n) is 1.62. The van der Waals surface area contributed by atoms with E-state index in [2.05, 4.69) is 10.3 Å². The van der Waals surface area contributed by atoms with Gasteiger partial charge in [0.2, 0.25) is 0 Å². The molecule has 0 saturated carbocycles. The lowest BCUT2D eigenvalue weighted by molar-refractivity contribution is 0.0527. The van der Waals surface area contributed by atoms with Gasteiger partial charge in [0.15, 0.2) is 0 Å². The second-order valence-corrected chi connectivity index (χ2v) is 5.30. The number of carbonyl (C=O) groups is 1. The van der Waals surface area contributed by atoms with Crippen LogP contribution in [0.5, 0.6) is 0 Å². The Hall–Kier alpha value is -1.62. The van der Waals surface area contributed by atoms with E-state index < -0.39 is 11.7 Å². The normalized spacial score (nSPS) is 11.2. The number of carbonyl (C=O) groups excluding carboxylic acids is 1. The van der Waals surface area contributed by atoms with Crippen LogP contribution < -0.4 is 5.32 Å². The molecular formula is C14H22N2O3. The van der Waals surface area contributed by atoms with Crippen LogP contribution in [0.4, 0.5) is 4.79 Å². The molecule has 1 aromatic rings. The molecule has 1 aromatic heterocycles. The fourth-order valence-corrected chi connectivity index (χ4v) is 1.62. The predicted octanol–water partition coefficient (Wildman–Crippen LogP) is 2.03. The van der Waals surface area contributed by atoms with Crippen molar-refractivity contribution in [2.75, 3.05) is 6.54 Å². The quantitative estimate of drug-likeness (QED) is 0.800. The molecule has 0 aliphatic rings. The number of nitrogens with one attached hydrogen (secondary N) is 1. The zero-order valence-electron chi connectivity index (χ0n) is 11.8. The third-order valence-electron chi connectivity index (χ3n) is 2.43. The second-order valence-electron chi connectivity index (χ2n) is 5.30. The highest BCUT2D eigenvalue weighted by atomic mass is 16.6. The van der Waals surface area contributed by atoms with E-state index in [1.165, 1.54) is 0 Å². The molecular weight excluding hydrogens is 244 g/mol. The van der Waals surface area contributed by atoms with E-state index >= 15 is 0 Å². The Morgan fingerprint density at radius 1 is 1.47 bits per heavy atom. The maximum absolute atomic E-state index is 11.4. The van der Waals surface area contributed by atoms with Crippen molar-refractivity contribution in [2.24, 2.45) is 0 Å². The van der Waals surface area contributed by atoms with E-state index in [9.17, 15) is 4.79 Å². The molecule has 1 rings (SSSR count). The SMILES string of the molecule is CC(C)(C)OC(=O)NCCCc1cccnc1CO. The minimum atomic E-state index is -0.475. The fraction of sp³-hybridized carbons (Fsp3) is 0.571. The van der Waals surface area contributed by atoms with E-state index in [1.807, 2.05) is 32.9 Å². The van der Waals surface area contributed by atoms with Crippen molar-refractivity contribution in [1.29, 1.82) is 0 Å². The van der Waals surface area contributed by atoms with E-state index in [-0.39, 0.29) is 6.61 Å². The van der Waals surface area contributed by atoms with Crippen LogP contribution in [0.3, 0.4) is 0 Å². The number of hydrogen-bond donors (Lipinski definition) is 2. The van der Waals surface area contributed by atoms with Gasteiger partial charge >= 0.3 is 6.09 Å². The molecule has 19 heavy (non-hydrogen) atoms. The van der Waals surface area contributed by atoms with Crippen molar-refractivity contribution in [1.82, 2.24) is 10.3 Å². The van der Waals surface area contributed by atoms with Gasteiger partial charge in [-0.05, 0) is 45.2 Å². The molecule has 5 heteroatoms. The summed E-state index contributed by atoms with van der Waals surface area (Å²) in [5.74, 6) is 0. The van der Waals surface area contributed by atoms with Crippen molar-refractivity contribution < 1.29 is 14.6 Å². The first-order chi connectivity index (χ1) is 8.92. The van der Waals surface area contributed by atoms with Crippen LogP contribution in [0.1, 0.15) is 38.4 Å². The molecule has 0 aliphatic carbocycles. The number of aliphatic hydroxyl groups is 1. The lowest BCUT2D eigenvalue weighted by Crippen LogP contribution is -2.33. The Morgan fingerprint density at radius 3 is 2.84 bits per heavy atom. The summed E-state index contributed by atoms with van der Waals surface area (Å²) in [7, 11) is 0. The Balaban J connectivity index is 2.29. The van der Waals surface area contributed by atoms with Gasteiger partial charge in [-0.1, -0.05) is 6.07 Å². The van der Waals surface area contributed by atoms with Crippen LogP contribution in [0.25, 0.3) is 0 Å². The van der Waals surface area contributed by atoms with Crippen molar-refractivity contribution in [3.63, 3.8) is 0 Å². The molecule has 1 heterocycles. The summed E-state index contributed by atoms with van der Waals surface area (Å²) in [5, 5.41) is 11.8. The molecule has 1 amide bonds. The lowest BCUT2D eigenvalue weighted by Gasteiger charge is -2.19. The van der Waals surface area contributed by atoms with Crippen molar-refractivity contribution >= 4 is 6.09 Å². The van der Waals surface area contributed by atoms with Crippen LogP contribution in [0.2, 0.25) is 0 Å². The monoisotopic (exact) mass is 266 g/mol. The summed E-state index contributed by atoms with van der Waals surface area (Å²) in [6.07, 6.45) is 2.80. The summed E-state index contributed by atoms with van der Waals surface area (Å²) in [4.78, 5) is 15.5. The highest BCUT2D eigenvalue weighted by molar-refractivity contribution is 5.67. The van der Waals surface area contributed by atoms with Gasteiger partial charge < -0.3 is 15.2 Å². The number of ether oxygens (including phenoxy) is 1. The van der Waals surface area contributed by atoms with Crippen LogP contribution in [-0.4, -0.2) is 28.3 Å². The average Bonchev–Trinajstić information content (AvgIpc) is 2.33. The number of nitrogens with zero attached hydrogens (tertiary/aromatic N) is 1. The van der Waals surface area contributed by atoms with Gasteiger partial charge in [-0.2, -0.15) is 0 Å². The molecule has 106 valence electrons. The van der Waals surface area contributed by atoms with Gasteiger partial charge in [-0.3, -0.25) is 4.98 Å². The van der Waals surface area contributed by atoms with Crippen LogP contribution in [0.15, 0.2) is 18.3 Å². The molecule has 2 N–H and O–H groups in total. The number of alkyl carbamates (subject to hydrolysis) is 1. The number of rotatable bonds is 5. The molecule has 0 radical (unpaired) electrons. The zero-order chi connectivity index (χ0) is 14.3. The first-order valence-electron chi connectivity index (χ1n) is 6.43. The molecule has 0 spiro atoms. The van der Waals surface area contributed by atoms with Gasteiger partial charge in [0.1, 0.15) is 5.60 Å². The summed E-state index contributed by atoms with van der Waals surface area (Å²) in [5.41, 5.74) is 1.23. The van der Waals surface area contributed by atoms with Crippen LogP contribution >= 0.6 is 0 Å². The van der Waals surface area contributed by atoms with Gasteiger partial charge in [0.25, 0.3) is 0 Å². The molecule has 0 atom stereocenters. The number of hydrogen-bond acceptors (Lipinski definition) is 4. The molecule has 5 nitrogen and oxygen atoms in total. The summed E-state index contributed by atoms with van der Waals surface area (Å²) < 4.78 is 5.13. The highest BCUT2D eigenvalue weighted by Gasteiger charge is 2.15. The van der Waals surface area contributed by atoms with Gasteiger partial charge in [0.05, 0.1) is 12.3 Å². The van der Waals surface area contributed by atoms with Gasteiger partial charge in [0, 0.05) is 12.7 Å². The van der Waals surface area contributed by atoms with Gasteiger partial charge in [-0.15, -0.1) is 0 Å². The largest absolute Gasteiger partial charge is 0.444 e. The molecule has 0 aromatic carbocycles. The van der Waals surface area contributed by atoms with E-state index in [4.69, 9.17) is 9.84 Å². The number of amides is 1. The minimum Gasteiger partial charge on any atom is -0.444 e. The Kier molecular flexibility index (Phi) is 5.76. The molecule has 0 unspecified atom stereocenters. The lowest BCUT2D eigenvalue weighted by atomic mass is 10.1. The highest BCUT2D eigenvalue weighted by Crippen LogP contribution is 2.08. The standard InChI is InChI=1S/C14H22N2O3/c1-14(2,3)19-13(18)16-9-5-7-11-6-4-8-15-12(11)10-17/h4,6,8,17H,5,7,9-10H2,1-3H3,(H,16,18). The molecule has 0 fully saturated rings. The molecule has 0 aliphatic heterocycles. The van der Waals surface area contributed by atoms with Crippen LogP contribution in [0, 0.1) is 0 Å². The smallest absolute Gasteiger partial charge is 0.407 e. The summed E-state index contributed by atoms with van der Waals surface area (Å²) in [6, 6.07) is 3.78. The zero-order valence-corrected chi connectivity index (χ0v) is 11.8. The Morgan fingerprint density at radius 2 is 2.21 bits per heavy atom. The summed E-state index contributed by atoms with van der Waals surface area (Å²) in [6.45, 7) is 5.96. The molecule has 0 saturated heterocycles. The summed E-state index contributed by atoms with van der Waals surface area (Å²) >= 11 is 0. The minimum absolute atomic E-state index is 0.0599. The maximum Gasteiger partial charge on any atom is 0.407 e. The predicted molar refractivity (Wildman–Crippen MR) is 72.7 cm³/mol. The Labute approximate surface area is 114 Å². The Bertz CT molecular complexity index is 413. The van der Waals surface area contributed by atoms with Crippen molar-refractivity contribution in [2.45, 2.75) is 45.8 Å². The van der Waals surface area contributed by atoms with E-state index in [0.717, 1.165) is 18.4 Å².